The van der Waals surface area contributed by atoms with Crippen molar-refractivity contribution in [1.82, 2.24) is 5.43 Å². The number of hydrazine groups is 1. The van der Waals surface area contributed by atoms with Gasteiger partial charge in [0.1, 0.15) is 9.84 Å². The lowest BCUT2D eigenvalue weighted by atomic mass is 9.50. The number of nitrogens with two attached hydrogens (primary N) is 1. The van der Waals surface area contributed by atoms with Crippen LogP contribution in [0.3, 0.4) is 0 Å². The van der Waals surface area contributed by atoms with E-state index < -0.39 is 9.84 Å². The normalized spacial score (nSPS) is 41.0. The molecule has 1 unspecified atom stereocenters. The molecule has 4 nitrogen and oxygen atoms in total. The summed E-state index contributed by atoms with van der Waals surface area (Å²) in [5.74, 6) is 10.4. The van der Waals surface area contributed by atoms with Crippen LogP contribution in [0, 0.1) is 29.6 Å². The summed E-state index contributed by atoms with van der Waals surface area (Å²) >= 11 is 0. The third kappa shape index (κ3) is 3.04. The van der Waals surface area contributed by atoms with Gasteiger partial charge in [-0.2, -0.15) is 0 Å². The Morgan fingerprint density at radius 2 is 1.65 bits per heavy atom. The molecule has 4 aliphatic rings. The van der Waals surface area contributed by atoms with Crippen LogP contribution >= 0.6 is 0 Å². The lowest BCUT2D eigenvalue weighted by Gasteiger charge is -2.56. The summed E-state index contributed by atoms with van der Waals surface area (Å²) in [6.45, 7) is 0. The predicted octanol–water partition coefficient (Wildman–Crippen LogP) is 1.72. The van der Waals surface area contributed by atoms with Crippen LogP contribution in [0.15, 0.2) is 0 Å². The molecule has 5 heteroatoms. The average molecular weight is 300 g/mol. The second-order valence-corrected chi connectivity index (χ2v) is 9.81. The molecule has 0 spiro atoms. The monoisotopic (exact) mass is 300 g/mol. The highest BCUT2D eigenvalue weighted by Crippen LogP contribution is 2.57. The van der Waals surface area contributed by atoms with Crippen molar-refractivity contribution < 1.29 is 8.42 Å². The van der Waals surface area contributed by atoms with Gasteiger partial charge in [-0.25, -0.2) is 8.42 Å². The van der Waals surface area contributed by atoms with Crippen LogP contribution in [0.2, 0.25) is 0 Å². The molecule has 3 N–H and O–H groups in total. The maximum atomic E-state index is 11.3. The van der Waals surface area contributed by atoms with E-state index in [-0.39, 0.29) is 0 Å². The number of hydrogen-bond acceptors (Lipinski definition) is 4. The van der Waals surface area contributed by atoms with E-state index in [1.165, 1.54) is 38.4 Å². The molecule has 4 fully saturated rings. The summed E-state index contributed by atoms with van der Waals surface area (Å²) in [4.78, 5) is 0. The summed E-state index contributed by atoms with van der Waals surface area (Å²) in [5.41, 5.74) is 3.02. The Bertz CT molecular complexity index is 421. The molecule has 0 aromatic rings. The van der Waals surface area contributed by atoms with Gasteiger partial charge < -0.3 is 0 Å². The van der Waals surface area contributed by atoms with E-state index in [1.54, 1.807) is 0 Å². The first-order valence-electron chi connectivity index (χ1n) is 8.10. The van der Waals surface area contributed by atoms with Gasteiger partial charge in [0.15, 0.2) is 0 Å². The fourth-order valence-electron chi connectivity index (χ4n) is 5.58. The first-order valence-corrected chi connectivity index (χ1v) is 10.2. The van der Waals surface area contributed by atoms with Crippen molar-refractivity contribution in [3.63, 3.8) is 0 Å². The van der Waals surface area contributed by atoms with Crippen LogP contribution in [0.5, 0.6) is 0 Å². The van der Waals surface area contributed by atoms with Gasteiger partial charge in [-0.3, -0.25) is 11.3 Å². The van der Waals surface area contributed by atoms with Gasteiger partial charge in [0.25, 0.3) is 0 Å². The molecule has 0 aromatic carbocycles. The van der Waals surface area contributed by atoms with Crippen molar-refractivity contribution >= 4 is 9.84 Å². The molecular formula is C15H28N2O2S. The molecule has 4 rings (SSSR count). The van der Waals surface area contributed by atoms with Gasteiger partial charge in [-0.15, -0.1) is 0 Å². The van der Waals surface area contributed by atoms with Crippen LogP contribution in [0.25, 0.3) is 0 Å². The van der Waals surface area contributed by atoms with Crippen LogP contribution in [-0.4, -0.2) is 26.5 Å². The topological polar surface area (TPSA) is 72.2 Å². The van der Waals surface area contributed by atoms with Crippen molar-refractivity contribution in [2.45, 2.75) is 51.0 Å². The lowest BCUT2D eigenvalue weighted by Crippen LogP contribution is -2.54. The van der Waals surface area contributed by atoms with Crippen molar-refractivity contribution in [3.05, 3.63) is 0 Å². The standard InChI is InChI=1S/C15H28N2O2S/c1-20(18,19)4-2-3-14(17-16)15-12-6-10-5-11(8-12)9-13(15)7-10/h10-15,17H,2-9,16H2,1H3. The van der Waals surface area contributed by atoms with Crippen molar-refractivity contribution in [2.24, 2.45) is 35.4 Å². The average Bonchev–Trinajstić information content (AvgIpc) is 2.34. The van der Waals surface area contributed by atoms with Gasteiger partial charge >= 0.3 is 0 Å². The Labute approximate surface area is 122 Å². The molecule has 1 atom stereocenters. The van der Waals surface area contributed by atoms with Crippen molar-refractivity contribution in [3.8, 4) is 0 Å². The maximum absolute atomic E-state index is 11.3. The number of hydrogen-bond donors (Lipinski definition) is 2. The third-order valence-electron chi connectivity index (χ3n) is 6.01. The van der Waals surface area contributed by atoms with E-state index in [0.29, 0.717) is 17.7 Å². The van der Waals surface area contributed by atoms with E-state index >= 15 is 0 Å². The fourth-order valence-corrected chi connectivity index (χ4v) is 6.27. The van der Waals surface area contributed by atoms with Crippen LogP contribution in [0.1, 0.15) is 44.9 Å². The molecule has 0 radical (unpaired) electrons. The highest BCUT2D eigenvalue weighted by atomic mass is 32.2. The Hall–Kier alpha value is -0.130. The zero-order valence-electron chi connectivity index (χ0n) is 12.4. The fraction of sp³-hybridized carbons (Fsp3) is 1.00. The Kier molecular flexibility index (Phi) is 4.13. The minimum Gasteiger partial charge on any atom is -0.271 e. The molecule has 0 aromatic heterocycles. The van der Waals surface area contributed by atoms with Crippen LogP contribution < -0.4 is 11.3 Å². The molecule has 20 heavy (non-hydrogen) atoms. The van der Waals surface area contributed by atoms with Crippen molar-refractivity contribution in [1.29, 1.82) is 0 Å². The van der Waals surface area contributed by atoms with Crippen LogP contribution in [-0.2, 0) is 9.84 Å². The lowest BCUT2D eigenvalue weighted by molar-refractivity contribution is -0.0530. The largest absolute Gasteiger partial charge is 0.271 e. The highest BCUT2D eigenvalue weighted by molar-refractivity contribution is 7.90. The van der Waals surface area contributed by atoms with Crippen molar-refractivity contribution in [2.75, 3.05) is 12.0 Å². The first kappa shape index (κ1) is 14.8. The van der Waals surface area contributed by atoms with E-state index in [1.807, 2.05) is 0 Å². The van der Waals surface area contributed by atoms with E-state index in [2.05, 4.69) is 5.43 Å². The molecule has 0 saturated heterocycles. The third-order valence-corrected chi connectivity index (χ3v) is 7.04. The summed E-state index contributed by atoms with van der Waals surface area (Å²) in [6, 6.07) is 0.312. The number of rotatable bonds is 6. The second-order valence-electron chi connectivity index (χ2n) is 7.55. The second kappa shape index (κ2) is 5.58. The maximum Gasteiger partial charge on any atom is 0.147 e. The minimum atomic E-state index is -2.85. The molecule has 4 aliphatic carbocycles. The molecule has 0 aliphatic heterocycles. The van der Waals surface area contributed by atoms with Crippen LogP contribution in [0.4, 0.5) is 0 Å². The SMILES string of the molecule is CS(=O)(=O)CCCC(NN)C1C2CC3CC(C2)CC1C3. The van der Waals surface area contributed by atoms with E-state index in [0.717, 1.165) is 36.5 Å². The van der Waals surface area contributed by atoms with Gasteiger partial charge in [0.2, 0.25) is 0 Å². The summed E-state index contributed by atoms with van der Waals surface area (Å²) < 4.78 is 22.5. The smallest absolute Gasteiger partial charge is 0.147 e. The zero-order chi connectivity index (χ0) is 14.3. The summed E-state index contributed by atoms with van der Waals surface area (Å²) in [7, 11) is -2.85. The predicted molar refractivity (Wildman–Crippen MR) is 80.6 cm³/mol. The van der Waals surface area contributed by atoms with Gasteiger partial charge in [0, 0.05) is 18.1 Å². The highest BCUT2D eigenvalue weighted by Gasteiger charge is 2.50. The van der Waals surface area contributed by atoms with E-state index in [9.17, 15) is 8.42 Å². The van der Waals surface area contributed by atoms with Gasteiger partial charge in [-0.1, -0.05) is 0 Å². The first-order chi connectivity index (χ1) is 9.46. The molecule has 4 saturated carbocycles. The Morgan fingerprint density at radius 1 is 1.10 bits per heavy atom. The molecule has 4 bridgehead atoms. The molecule has 0 amide bonds. The summed E-state index contributed by atoms with van der Waals surface area (Å²) in [6.07, 6.45) is 9.98. The Balaban J connectivity index is 1.61. The number of sulfone groups is 1. The number of nitrogens with one attached hydrogen (secondary N) is 1. The molecular weight excluding hydrogens is 272 g/mol. The zero-order valence-corrected chi connectivity index (χ0v) is 13.2. The minimum absolute atomic E-state index is 0.290. The Morgan fingerprint density at radius 3 is 2.10 bits per heavy atom. The van der Waals surface area contributed by atoms with Gasteiger partial charge in [-0.05, 0) is 74.5 Å². The van der Waals surface area contributed by atoms with Gasteiger partial charge in [0.05, 0.1) is 0 Å². The quantitative estimate of drug-likeness (QED) is 0.579. The molecule has 116 valence electrons. The van der Waals surface area contributed by atoms with E-state index in [4.69, 9.17) is 5.84 Å². The summed E-state index contributed by atoms with van der Waals surface area (Å²) in [5, 5.41) is 0. The molecule has 0 heterocycles.